The minimum Gasteiger partial charge on any atom is -0.351 e. The summed E-state index contributed by atoms with van der Waals surface area (Å²) in [7, 11) is 2.07. The van der Waals surface area contributed by atoms with E-state index >= 15 is 0 Å². The van der Waals surface area contributed by atoms with Crippen LogP contribution in [0.15, 0.2) is 24.3 Å². The first-order valence-corrected chi connectivity index (χ1v) is 12.2. The van der Waals surface area contributed by atoms with Crippen molar-refractivity contribution in [2.75, 3.05) is 13.6 Å². The molecule has 0 spiro atoms. The van der Waals surface area contributed by atoms with E-state index in [9.17, 15) is 9.59 Å². The molecule has 0 saturated heterocycles. The van der Waals surface area contributed by atoms with Crippen molar-refractivity contribution in [3.05, 3.63) is 50.6 Å². The Morgan fingerprint density at radius 1 is 1.15 bits per heavy atom. The highest BCUT2D eigenvalue weighted by Crippen LogP contribution is 2.26. The summed E-state index contributed by atoms with van der Waals surface area (Å²) in [4.78, 5) is 37.1. The van der Waals surface area contributed by atoms with Crippen LogP contribution in [0.2, 0.25) is 5.02 Å². The van der Waals surface area contributed by atoms with E-state index in [-0.39, 0.29) is 36.3 Å². The van der Waals surface area contributed by atoms with E-state index < -0.39 is 0 Å². The summed E-state index contributed by atoms with van der Waals surface area (Å²) in [6.07, 6.45) is 4.67. The zero-order valence-corrected chi connectivity index (χ0v) is 20.7. The molecule has 5 rings (SSSR count). The Balaban J connectivity index is 0.00000259. The van der Waals surface area contributed by atoms with Gasteiger partial charge in [-0.2, -0.15) is 0 Å². The molecule has 10 heteroatoms. The third-order valence-electron chi connectivity index (χ3n) is 6.34. The molecule has 1 fully saturated rings. The van der Waals surface area contributed by atoms with Crippen molar-refractivity contribution >= 4 is 58.1 Å². The van der Waals surface area contributed by atoms with Crippen molar-refractivity contribution in [3.8, 4) is 0 Å². The second-order valence-electron chi connectivity index (χ2n) is 8.74. The van der Waals surface area contributed by atoms with Crippen LogP contribution in [-0.2, 0) is 13.0 Å². The maximum absolute atomic E-state index is 13.0. The molecule has 0 bridgehead atoms. The summed E-state index contributed by atoms with van der Waals surface area (Å²) in [5.41, 5.74) is 2.38. The second-order valence-corrected chi connectivity index (χ2v) is 10.3. The van der Waals surface area contributed by atoms with E-state index in [1.165, 1.54) is 16.2 Å². The van der Waals surface area contributed by atoms with Crippen LogP contribution in [0.5, 0.6) is 0 Å². The van der Waals surface area contributed by atoms with Crippen molar-refractivity contribution in [2.45, 2.75) is 50.7 Å². The minimum absolute atomic E-state index is 0. The monoisotopic (exact) mass is 507 g/mol. The summed E-state index contributed by atoms with van der Waals surface area (Å²) < 4.78 is 0. The van der Waals surface area contributed by atoms with Gasteiger partial charge in [0.1, 0.15) is 5.69 Å². The van der Waals surface area contributed by atoms with Crippen LogP contribution < -0.4 is 10.6 Å². The lowest BCUT2D eigenvalue weighted by molar-refractivity contribution is 0.0860. The van der Waals surface area contributed by atoms with Crippen molar-refractivity contribution in [2.24, 2.45) is 0 Å². The molecule has 33 heavy (non-hydrogen) atoms. The molecule has 2 aliphatic rings. The van der Waals surface area contributed by atoms with Crippen LogP contribution >= 0.6 is 35.3 Å². The number of hydrogen-bond acceptors (Lipinski definition) is 5. The van der Waals surface area contributed by atoms with Crippen LogP contribution in [0.4, 0.5) is 0 Å². The fourth-order valence-electron chi connectivity index (χ4n) is 4.60. The molecular weight excluding hydrogens is 481 g/mol. The van der Waals surface area contributed by atoms with Gasteiger partial charge in [0, 0.05) is 46.0 Å². The molecule has 2 aromatic heterocycles. The van der Waals surface area contributed by atoms with Crippen molar-refractivity contribution in [1.82, 2.24) is 25.5 Å². The lowest BCUT2D eigenvalue weighted by atomic mass is 9.90. The number of aromatic nitrogens is 2. The topological polar surface area (TPSA) is 90.1 Å². The van der Waals surface area contributed by atoms with E-state index in [1.54, 1.807) is 6.07 Å². The van der Waals surface area contributed by atoms with Gasteiger partial charge in [-0.25, -0.2) is 4.98 Å². The predicted molar refractivity (Wildman–Crippen MR) is 134 cm³/mol. The van der Waals surface area contributed by atoms with Gasteiger partial charge in [-0.1, -0.05) is 24.4 Å². The number of amides is 2. The third-order valence-corrected chi connectivity index (χ3v) is 7.73. The molecule has 7 nitrogen and oxygen atoms in total. The molecule has 1 aliphatic heterocycles. The van der Waals surface area contributed by atoms with Gasteiger partial charge < -0.3 is 20.5 Å². The molecule has 2 amide bonds. The van der Waals surface area contributed by atoms with Crippen LogP contribution in [0.3, 0.4) is 0 Å². The molecule has 1 aliphatic carbocycles. The molecular formula is C23H27Cl2N5O2S. The highest BCUT2D eigenvalue weighted by molar-refractivity contribution is 7.13. The van der Waals surface area contributed by atoms with Gasteiger partial charge >= 0.3 is 0 Å². The normalized spacial score (nSPS) is 20.7. The smallest absolute Gasteiger partial charge is 0.280 e. The van der Waals surface area contributed by atoms with Crippen molar-refractivity contribution in [1.29, 1.82) is 0 Å². The molecule has 3 heterocycles. The zero-order valence-electron chi connectivity index (χ0n) is 18.3. The Morgan fingerprint density at radius 3 is 2.64 bits per heavy atom. The Hall–Kier alpha value is -2.13. The largest absolute Gasteiger partial charge is 0.351 e. The fraction of sp³-hybridized carbons (Fsp3) is 0.435. The molecule has 3 N–H and O–H groups in total. The SMILES string of the molecule is CN1CCc2sc(C(=O)N[C@H]3CCCC[C@H]3NC(=O)c3cc4cc(Cl)ccc4[nH]3)nc2C1.Cl. The molecule has 1 saturated carbocycles. The molecule has 176 valence electrons. The summed E-state index contributed by atoms with van der Waals surface area (Å²) in [5, 5.41) is 8.33. The first kappa shape index (κ1) is 24.0. The summed E-state index contributed by atoms with van der Waals surface area (Å²) in [6, 6.07) is 7.08. The Bertz CT molecular complexity index is 1180. The predicted octanol–water partition coefficient (Wildman–Crippen LogP) is 4.16. The van der Waals surface area contributed by atoms with E-state index in [2.05, 4.69) is 32.5 Å². The number of rotatable bonds is 4. The number of nitrogens with zero attached hydrogens (tertiary/aromatic N) is 2. The highest BCUT2D eigenvalue weighted by atomic mass is 35.5. The second kappa shape index (κ2) is 10.0. The first-order valence-electron chi connectivity index (χ1n) is 11.0. The van der Waals surface area contributed by atoms with Crippen LogP contribution in [0.1, 0.15) is 56.5 Å². The third kappa shape index (κ3) is 5.19. The number of fused-ring (bicyclic) bond motifs is 2. The first-order chi connectivity index (χ1) is 15.5. The molecule has 2 atom stereocenters. The number of likely N-dealkylation sites (N-methyl/N-ethyl adjacent to an activating group) is 1. The zero-order chi connectivity index (χ0) is 22.2. The lowest BCUT2D eigenvalue weighted by Gasteiger charge is -2.32. The number of H-pyrrole nitrogens is 1. The van der Waals surface area contributed by atoms with Crippen LogP contribution in [-0.4, -0.2) is 52.4 Å². The van der Waals surface area contributed by atoms with E-state index in [1.807, 2.05) is 18.2 Å². The lowest BCUT2D eigenvalue weighted by Crippen LogP contribution is -2.53. The van der Waals surface area contributed by atoms with Gasteiger partial charge in [0.15, 0.2) is 5.01 Å². The van der Waals surface area contributed by atoms with Crippen molar-refractivity contribution < 1.29 is 9.59 Å². The number of nitrogens with one attached hydrogen (secondary N) is 3. The van der Waals surface area contributed by atoms with Gasteiger partial charge in [-0.15, -0.1) is 23.7 Å². The summed E-state index contributed by atoms with van der Waals surface area (Å²) in [6.45, 7) is 1.78. The average molecular weight is 508 g/mol. The van der Waals surface area contributed by atoms with Gasteiger partial charge in [0.25, 0.3) is 11.8 Å². The average Bonchev–Trinajstić information content (AvgIpc) is 3.38. The highest BCUT2D eigenvalue weighted by Gasteiger charge is 2.30. The summed E-state index contributed by atoms with van der Waals surface area (Å²) >= 11 is 7.56. The van der Waals surface area contributed by atoms with Gasteiger partial charge in [0.05, 0.1) is 5.69 Å². The fourth-order valence-corrected chi connectivity index (χ4v) is 5.75. The number of benzene rings is 1. The number of aromatic amines is 1. The number of hydrogen-bond donors (Lipinski definition) is 3. The summed E-state index contributed by atoms with van der Waals surface area (Å²) in [5.74, 6) is -0.310. The number of carbonyl (C=O) groups excluding carboxylic acids is 2. The Morgan fingerprint density at radius 2 is 1.88 bits per heavy atom. The number of carbonyl (C=O) groups is 2. The molecule has 0 unspecified atom stereocenters. The number of thiazole rings is 1. The standard InChI is InChI=1S/C23H26ClN5O2S.ClH/c1-29-9-8-20-19(12-29)28-23(32-20)22(31)27-17-5-3-2-4-16(17)26-21(30)18-11-13-10-14(24)6-7-15(13)25-18;/h6-7,10-11,16-17,25H,2-5,8-9,12H2,1H3,(H,26,30)(H,27,31);1H/t16-,17+;/m1./s1. The molecule has 0 radical (unpaired) electrons. The van der Waals surface area contributed by atoms with E-state index in [0.717, 1.165) is 61.8 Å². The van der Waals surface area contributed by atoms with E-state index in [0.29, 0.717) is 15.7 Å². The Kier molecular flexibility index (Phi) is 7.28. The van der Waals surface area contributed by atoms with E-state index in [4.69, 9.17) is 11.6 Å². The van der Waals surface area contributed by atoms with Crippen LogP contribution in [0.25, 0.3) is 10.9 Å². The van der Waals surface area contributed by atoms with Crippen molar-refractivity contribution in [3.63, 3.8) is 0 Å². The Labute approximate surface area is 207 Å². The minimum atomic E-state index is -0.170. The maximum atomic E-state index is 13.0. The molecule has 3 aromatic rings. The quantitative estimate of drug-likeness (QED) is 0.494. The number of halogens is 2. The van der Waals surface area contributed by atoms with Gasteiger partial charge in [-0.3, -0.25) is 9.59 Å². The maximum Gasteiger partial charge on any atom is 0.280 e. The van der Waals surface area contributed by atoms with Gasteiger partial charge in [0.2, 0.25) is 0 Å². The van der Waals surface area contributed by atoms with Gasteiger partial charge in [-0.05, 0) is 50.6 Å². The molecule has 1 aromatic carbocycles. The van der Waals surface area contributed by atoms with Crippen LogP contribution in [0, 0.1) is 0 Å².